The van der Waals surface area contributed by atoms with Crippen LogP contribution in [0.3, 0.4) is 0 Å². The van der Waals surface area contributed by atoms with Crippen molar-refractivity contribution in [2.24, 2.45) is 0 Å². The van der Waals surface area contributed by atoms with E-state index in [9.17, 15) is 4.39 Å². The standard InChI is InChI=1S/C14H19FN2.2ClH/c1-3-14(17-8-6-16-7-9-17)13-10-12(15)5-4-11(13)2;;/h3-5,10,14,16H,1,6-9H2,2H3;2*1H/t14-;;/m1../s1. The van der Waals surface area contributed by atoms with E-state index in [2.05, 4.69) is 16.8 Å². The second kappa shape index (κ2) is 8.54. The molecule has 108 valence electrons. The SMILES string of the molecule is C=C[C@H](c1cc(F)ccc1C)N1CCNCC1.Cl.Cl. The summed E-state index contributed by atoms with van der Waals surface area (Å²) >= 11 is 0. The number of nitrogens with one attached hydrogen (secondary N) is 1. The van der Waals surface area contributed by atoms with E-state index >= 15 is 0 Å². The molecule has 0 amide bonds. The van der Waals surface area contributed by atoms with E-state index in [4.69, 9.17) is 0 Å². The summed E-state index contributed by atoms with van der Waals surface area (Å²) < 4.78 is 13.3. The van der Waals surface area contributed by atoms with Crippen molar-refractivity contribution in [2.45, 2.75) is 13.0 Å². The zero-order valence-electron chi connectivity index (χ0n) is 11.1. The molecule has 1 aromatic carbocycles. The molecule has 1 atom stereocenters. The third-order valence-corrected chi connectivity index (χ3v) is 3.33. The maximum Gasteiger partial charge on any atom is 0.123 e. The van der Waals surface area contributed by atoms with E-state index in [1.807, 2.05) is 19.1 Å². The zero-order valence-corrected chi connectivity index (χ0v) is 12.7. The average molecular weight is 307 g/mol. The molecule has 1 aliphatic rings. The Labute approximate surface area is 126 Å². The number of aryl methyl sites for hydroxylation is 1. The molecule has 1 fully saturated rings. The maximum absolute atomic E-state index is 13.3. The lowest BCUT2D eigenvalue weighted by molar-refractivity contribution is 0.203. The molecule has 2 rings (SSSR count). The third kappa shape index (κ3) is 4.46. The molecule has 0 aromatic heterocycles. The van der Waals surface area contributed by atoms with Gasteiger partial charge in [0.05, 0.1) is 6.04 Å². The molecule has 5 heteroatoms. The van der Waals surface area contributed by atoms with Crippen molar-refractivity contribution in [3.8, 4) is 0 Å². The number of benzene rings is 1. The van der Waals surface area contributed by atoms with Crippen molar-refractivity contribution in [3.05, 3.63) is 47.8 Å². The summed E-state index contributed by atoms with van der Waals surface area (Å²) in [4.78, 5) is 2.34. The van der Waals surface area contributed by atoms with Crippen LogP contribution in [0.1, 0.15) is 17.2 Å². The van der Waals surface area contributed by atoms with E-state index < -0.39 is 0 Å². The van der Waals surface area contributed by atoms with Gasteiger partial charge in [0.15, 0.2) is 0 Å². The lowest BCUT2D eigenvalue weighted by Gasteiger charge is -2.34. The number of hydrogen-bond acceptors (Lipinski definition) is 2. The highest BCUT2D eigenvalue weighted by molar-refractivity contribution is 5.85. The molecule has 0 radical (unpaired) electrons. The third-order valence-electron chi connectivity index (χ3n) is 3.33. The number of nitrogens with zero attached hydrogens (tertiary/aromatic N) is 1. The van der Waals surface area contributed by atoms with Crippen molar-refractivity contribution in [3.63, 3.8) is 0 Å². The van der Waals surface area contributed by atoms with Crippen LogP contribution in [0.4, 0.5) is 4.39 Å². The minimum absolute atomic E-state index is 0. The predicted octanol–water partition coefficient (Wildman–Crippen LogP) is 3.11. The van der Waals surface area contributed by atoms with E-state index in [0.717, 1.165) is 37.3 Å². The monoisotopic (exact) mass is 306 g/mol. The van der Waals surface area contributed by atoms with Crippen LogP contribution in [0.15, 0.2) is 30.9 Å². The number of piperazine rings is 1. The molecule has 19 heavy (non-hydrogen) atoms. The summed E-state index contributed by atoms with van der Waals surface area (Å²) in [6.45, 7) is 9.85. The Bertz CT molecular complexity index is 406. The van der Waals surface area contributed by atoms with Crippen LogP contribution >= 0.6 is 24.8 Å². The Morgan fingerprint density at radius 3 is 2.53 bits per heavy atom. The molecule has 0 aliphatic carbocycles. The van der Waals surface area contributed by atoms with Crippen LogP contribution in [0.25, 0.3) is 0 Å². The summed E-state index contributed by atoms with van der Waals surface area (Å²) in [6, 6.07) is 5.09. The fraction of sp³-hybridized carbons (Fsp3) is 0.429. The summed E-state index contributed by atoms with van der Waals surface area (Å²) in [7, 11) is 0. The fourth-order valence-corrected chi connectivity index (χ4v) is 2.36. The number of hydrogen-bond donors (Lipinski definition) is 1. The second-order valence-corrected chi connectivity index (χ2v) is 4.47. The lowest BCUT2D eigenvalue weighted by atomic mass is 9.99. The zero-order chi connectivity index (χ0) is 12.3. The normalized spacial score (nSPS) is 16.9. The molecule has 2 nitrogen and oxygen atoms in total. The molecular weight excluding hydrogens is 286 g/mol. The first-order valence-electron chi connectivity index (χ1n) is 6.06. The quantitative estimate of drug-likeness (QED) is 0.863. The second-order valence-electron chi connectivity index (χ2n) is 4.47. The van der Waals surface area contributed by atoms with Crippen LogP contribution in [0, 0.1) is 12.7 Å². The summed E-state index contributed by atoms with van der Waals surface area (Å²) in [5.41, 5.74) is 2.15. The minimum atomic E-state index is -0.174. The molecule has 0 bridgehead atoms. The molecule has 0 spiro atoms. The highest BCUT2D eigenvalue weighted by atomic mass is 35.5. The van der Waals surface area contributed by atoms with Gasteiger partial charge in [-0.2, -0.15) is 0 Å². The average Bonchev–Trinajstić information content (AvgIpc) is 2.36. The molecule has 1 heterocycles. The van der Waals surface area contributed by atoms with Gasteiger partial charge >= 0.3 is 0 Å². The first-order chi connectivity index (χ1) is 8.22. The molecule has 0 saturated carbocycles. The predicted molar refractivity (Wildman–Crippen MR) is 83.0 cm³/mol. The van der Waals surface area contributed by atoms with Gasteiger partial charge in [-0.15, -0.1) is 31.4 Å². The van der Waals surface area contributed by atoms with Gasteiger partial charge in [-0.1, -0.05) is 12.1 Å². The van der Waals surface area contributed by atoms with Gasteiger partial charge in [-0.3, -0.25) is 4.90 Å². The Hall–Kier alpha value is -0.610. The fourth-order valence-electron chi connectivity index (χ4n) is 2.36. The van der Waals surface area contributed by atoms with Crippen molar-refractivity contribution in [1.82, 2.24) is 10.2 Å². The van der Waals surface area contributed by atoms with Gasteiger partial charge in [-0.25, -0.2) is 4.39 Å². The number of halogens is 3. The molecular formula is C14H21Cl2FN2. The molecule has 1 aromatic rings. The van der Waals surface area contributed by atoms with E-state index in [1.54, 1.807) is 6.07 Å². The van der Waals surface area contributed by atoms with Crippen molar-refractivity contribution in [1.29, 1.82) is 0 Å². The Balaban J connectivity index is 0.00000162. The summed E-state index contributed by atoms with van der Waals surface area (Å²) in [5.74, 6) is -0.174. The van der Waals surface area contributed by atoms with Gasteiger partial charge in [0, 0.05) is 26.2 Å². The van der Waals surface area contributed by atoms with Gasteiger partial charge < -0.3 is 5.32 Å². The van der Waals surface area contributed by atoms with Gasteiger partial charge in [0.1, 0.15) is 5.82 Å². The van der Waals surface area contributed by atoms with Crippen molar-refractivity contribution >= 4 is 24.8 Å². The van der Waals surface area contributed by atoms with Crippen LogP contribution < -0.4 is 5.32 Å². The van der Waals surface area contributed by atoms with Gasteiger partial charge in [0.2, 0.25) is 0 Å². The summed E-state index contributed by atoms with van der Waals surface area (Å²) in [5, 5.41) is 3.32. The van der Waals surface area contributed by atoms with Crippen LogP contribution in [-0.4, -0.2) is 31.1 Å². The summed E-state index contributed by atoms with van der Waals surface area (Å²) in [6.07, 6.45) is 1.91. The van der Waals surface area contributed by atoms with E-state index in [-0.39, 0.29) is 36.7 Å². The van der Waals surface area contributed by atoms with Crippen molar-refractivity contribution in [2.75, 3.05) is 26.2 Å². The molecule has 0 unspecified atom stereocenters. The first-order valence-corrected chi connectivity index (χ1v) is 6.06. The van der Waals surface area contributed by atoms with Crippen molar-refractivity contribution < 1.29 is 4.39 Å². The topological polar surface area (TPSA) is 15.3 Å². The highest BCUT2D eigenvalue weighted by Gasteiger charge is 2.20. The van der Waals surface area contributed by atoms with Crippen LogP contribution in [0.2, 0.25) is 0 Å². The Morgan fingerprint density at radius 2 is 1.95 bits per heavy atom. The molecule has 1 saturated heterocycles. The van der Waals surface area contributed by atoms with E-state index in [0.29, 0.717) is 0 Å². The highest BCUT2D eigenvalue weighted by Crippen LogP contribution is 2.25. The maximum atomic E-state index is 13.3. The molecule has 1 N–H and O–H groups in total. The number of rotatable bonds is 3. The van der Waals surface area contributed by atoms with Crippen LogP contribution in [-0.2, 0) is 0 Å². The molecule has 1 aliphatic heterocycles. The van der Waals surface area contributed by atoms with Gasteiger partial charge in [0.25, 0.3) is 0 Å². The smallest absolute Gasteiger partial charge is 0.123 e. The largest absolute Gasteiger partial charge is 0.314 e. The Morgan fingerprint density at radius 1 is 1.32 bits per heavy atom. The van der Waals surface area contributed by atoms with Crippen LogP contribution in [0.5, 0.6) is 0 Å². The van der Waals surface area contributed by atoms with Gasteiger partial charge in [-0.05, 0) is 30.2 Å². The minimum Gasteiger partial charge on any atom is -0.314 e. The first kappa shape index (κ1) is 18.4. The van der Waals surface area contributed by atoms with E-state index in [1.165, 1.54) is 6.07 Å². The Kier molecular flexibility index (Phi) is 8.26. The lowest BCUT2D eigenvalue weighted by Crippen LogP contribution is -2.44.